The summed E-state index contributed by atoms with van der Waals surface area (Å²) >= 11 is 9.22. The summed E-state index contributed by atoms with van der Waals surface area (Å²) in [5.74, 6) is -0.164. The predicted molar refractivity (Wildman–Crippen MR) is 121 cm³/mol. The minimum Gasteiger partial charge on any atom is -0.488 e. The van der Waals surface area contributed by atoms with Gasteiger partial charge in [-0.3, -0.25) is 9.20 Å². The molecule has 0 bridgehead atoms. The minimum atomic E-state index is -0.565. The Morgan fingerprint density at radius 3 is 2.61 bits per heavy atom. The molecule has 0 unspecified atom stereocenters. The normalized spacial score (nSPS) is 10.8. The predicted octanol–water partition coefficient (Wildman–Crippen LogP) is 5.05. The van der Waals surface area contributed by atoms with E-state index in [4.69, 9.17) is 21.1 Å². The molecule has 0 amide bonds. The van der Waals surface area contributed by atoms with Crippen molar-refractivity contribution in [2.75, 3.05) is 0 Å². The summed E-state index contributed by atoms with van der Waals surface area (Å²) in [7, 11) is 0. The SMILES string of the molecule is O=C(OCc1cc(=O)n2cc(Br)ccc2n1)c1ccccc1OCc1ccc(Cl)cc1. The zero-order chi connectivity index (χ0) is 21.8. The van der Waals surface area contributed by atoms with Crippen molar-refractivity contribution in [3.05, 3.63) is 110 Å². The fourth-order valence-electron chi connectivity index (χ4n) is 2.92. The van der Waals surface area contributed by atoms with Crippen LogP contribution in [0.3, 0.4) is 0 Å². The Hall–Kier alpha value is -3.16. The van der Waals surface area contributed by atoms with Crippen molar-refractivity contribution in [2.45, 2.75) is 13.2 Å². The van der Waals surface area contributed by atoms with Crippen LogP contribution in [0.15, 0.2) is 82.2 Å². The number of pyridine rings is 1. The molecule has 6 nitrogen and oxygen atoms in total. The first kappa shape index (κ1) is 21.1. The maximum Gasteiger partial charge on any atom is 0.342 e. The standard InChI is InChI=1S/C23H16BrClN2O4/c24-16-7-10-21-26-18(11-22(28)27(21)12-16)14-31-23(29)19-3-1-2-4-20(19)30-13-15-5-8-17(25)9-6-15/h1-12H,13-14H2. The molecule has 8 heteroatoms. The van der Waals surface area contributed by atoms with E-state index in [0.717, 1.165) is 10.0 Å². The molecule has 0 aliphatic carbocycles. The van der Waals surface area contributed by atoms with Crippen LogP contribution in [0.25, 0.3) is 5.65 Å². The maximum absolute atomic E-state index is 12.7. The van der Waals surface area contributed by atoms with E-state index in [1.165, 1.54) is 10.5 Å². The Balaban J connectivity index is 1.46. The number of hydrogen-bond acceptors (Lipinski definition) is 5. The van der Waals surface area contributed by atoms with Crippen LogP contribution in [0.4, 0.5) is 0 Å². The fraction of sp³-hybridized carbons (Fsp3) is 0.0870. The largest absolute Gasteiger partial charge is 0.488 e. The molecule has 0 saturated heterocycles. The number of aromatic nitrogens is 2. The first-order valence-electron chi connectivity index (χ1n) is 9.31. The first-order valence-corrected chi connectivity index (χ1v) is 10.5. The summed E-state index contributed by atoms with van der Waals surface area (Å²) in [5, 5.41) is 0.641. The van der Waals surface area contributed by atoms with Crippen LogP contribution in [0, 0.1) is 0 Å². The van der Waals surface area contributed by atoms with Gasteiger partial charge in [0.2, 0.25) is 0 Å². The molecule has 4 rings (SSSR count). The van der Waals surface area contributed by atoms with E-state index in [2.05, 4.69) is 20.9 Å². The topological polar surface area (TPSA) is 69.9 Å². The lowest BCUT2D eigenvalue weighted by molar-refractivity contribution is 0.0462. The highest BCUT2D eigenvalue weighted by atomic mass is 79.9. The van der Waals surface area contributed by atoms with Crippen LogP contribution in [-0.2, 0) is 18.0 Å². The number of halogens is 2. The molecule has 0 aliphatic rings. The van der Waals surface area contributed by atoms with Crippen LogP contribution in [0.5, 0.6) is 5.75 Å². The lowest BCUT2D eigenvalue weighted by atomic mass is 10.2. The molecule has 0 atom stereocenters. The van der Waals surface area contributed by atoms with Gasteiger partial charge in [0, 0.05) is 21.8 Å². The summed E-state index contributed by atoms with van der Waals surface area (Å²) in [6, 6.07) is 18.9. The molecule has 0 spiro atoms. The zero-order valence-electron chi connectivity index (χ0n) is 16.1. The maximum atomic E-state index is 12.7. The Morgan fingerprint density at radius 1 is 1.03 bits per heavy atom. The zero-order valence-corrected chi connectivity index (χ0v) is 18.5. The molecule has 0 radical (unpaired) electrons. The Morgan fingerprint density at radius 2 is 1.81 bits per heavy atom. The molecular formula is C23H16BrClN2O4. The molecular weight excluding hydrogens is 484 g/mol. The van der Waals surface area contributed by atoms with Crippen molar-refractivity contribution in [2.24, 2.45) is 0 Å². The van der Waals surface area contributed by atoms with Gasteiger partial charge < -0.3 is 9.47 Å². The van der Waals surface area contributed by atoms with Gasteiger partial charge in [-0.25, -0.2) is 9.78 Å². The molecule has 31 heavy (non-hydrogen) atoms. The smallest absolute Gasteiger partial charge is 0.342 e. The highest BCUT2D eigenvalue weighted by Crippen LogP contribution is 2.21. The average molecular weight is 500 g/mol. The third-order valence-electron chi connectivity index (χ3n) is 4.44. The number of para-hydroxylation sites is 1. The number of benzene rings is 2. The number of rotatable bonds is 6. The van der Waals surface area contributed by atoms with Gasteiger partial charge in [0.25, 0.3) is 5.56 Å². The summed E-state index contributed by atoms with van der Waals surface area (Å²) in [6.07, 6.45) is 1.63. The molecule has 2 aromatic carbocycles. The fourth-order valence-corrected chi connectivity index (χ4v) is 3.38. The van der Waals surface area contributed by atoms with E-state index >= 15 is 0 Å². The van der Waals surface area contributed by atoms with Gasteiger partial charge in [-0.2, -0.15) is 0 Å². The van der Waals surface area contributed by atoms with Gasteiger partial charge in [0.05, 0.1) is 5.69 Å². The van der Waals surface area contributed by atoms with Gasteiger partial charge in [-0.05, 0) is 57.9 Å². The van der Waals surface area contributed by atoms with Crippen molar-refractivity contribution in [1.29, 1.82) is 0 Å². The number of ether oxygens (including phenoxy) is 2. The van der Waals surface area contributed by atoms with Crippen molar-refractivity contribution in [3.63, 3.8) is 0 Å². The molecule has 4 aromatic rings. The second kappa shape index (κ2) is 9.32. The van der Waals surface area contributed by atoms with Crippen LogP contribution in [0.1, 0.15) is 21.6 Å². The summed E-state index contributed by atoms with van der Waals surface area (Å²) in [5.41, 5.74) is 1.77. The molecule has 2 aromatic heterocycles. The van der Waals surface area contributed by atoms with E-state index in [1.54, 1.807) is 54.7 Å². The lowest BCUT2D eigenvalue weighted by Crippen LogP contribution is -2.16. The molecule has 0 aliphatic heterocycles. The highest BCUT2D eigenvalue weighted by Gasteiger charge is 2.15. The van der Waals surface area contributed by atoms with Crippen LogP contribution >= 0.6 is 27.5 Å². The highest BCUT2D eigenvalue weighted by molar-refractivity contribution is 9.10. The van der Waals surface area contributed by atoms with Gasteiger partial charge in [0.15, 0.2) is 0 Å². The second-order valence-corrected chi connectivity index (χ2v) is 8.00. The first-order chi connectivity index (χ1) is 15.0. The van der Waals surface area contributed by atoms with E-state index in [0.29, 0.717) is 22.1 Å². The van der Waals surface area contributed by atoms with Crippen molar-refractivity contribution < 1.29 is 14.3 Å². The number of fused-ring (bicyclic) bond motifs is 1. The average Bonchev–Trinajstić information content (AvgIpc) is 2.78. The monoisotopic (exact) mass is 498 g/mol. The van der Waals surface area contributed by atoms with Gasteiger partial charge in [0.1, 0.15) is 30.2 Å². The van der Waals surface area contributed by atoms with Crippen LogP contribution in [0.2, 0.25) is 5.02 Å². The lowest BCUT2D eigenvalue weighted by Gasteiger charge is -2.11. The Labute approximate surface area is 191 Å². The van der Waals surface area contributed by atoms with Crippen LogP contribution in [-0.4, -0.2) is 15.4 Å². The van der Waals surface area contributed by atoms with Gasteiger partial charge in [-0.1, -0.05) is 35.9 Å². The number of nitrogens with zero attached hydrogens (tertiary/aromatic N) is 2. The third kappa shape index (κ3) is 5.13. The van der Waals surface area contributed by atoms with Gasteiger partial charge in [-0.15, -0.1) is 0 Å². The van der Waals surface area contributed by atoms with Crippen molar-refractivity contribution in [3.8, 4) is 5.75 Å². The Kier molecular flexibility index (Phi) is 6.34. The quantitative estimate of drug-likeness (QED) is 0.347. The van der Waals surface area contributed by atoms with Crippen LogP contribution < -0.4 is 10.3 Å². The molecule has 0 fully saturated rings. The summed E-state index contributed by atoms with van der Waals surface area (Å²) in [6.45, 7) is 0.145. The third-order valence-corrected chi connectivity index (χ3v) is 5.16. The van der Waals surface area contributed by atoms with Gasteiger partial charge >= 0.3 is 5.97 Å². The second-order valence-electron chi connectivity index (χ2n) is 6.65. The van der Waals surface area contributed by atoms with Crippen molar-refractivity contribution >= 4 is 39.1 Å². The molecule has 2 heterocycles. The van der Waals surface area contributed by atoms with E-state index in [-0.39, 0.29) is 24.3 Å². The number of esters is 1. The Bertz CT molecular complexity index is 1310. The summed E-state index contributed by atoms with van der Waals surface area (Å²) < 4.78 is 13.4. The molecule has 156 valence electrons. The van der Waals surface area contributed by atoms with E-state index in [9.17, 15) is 9.59 Å². The molecule has 0 saturated carbocycles. The summed E-state index contributed by atoms with van der Waals surface area (Å²) in [4.78, 5) is 29.3. The molecule has 0 N–H and O–H groups in total. The van der Waals surface area contributed by atoms with Crippen molar-refractivity contribution in [1.82, 2.24) is 9.38 Å². The van der Waals surface area contributed by atoms with E-state index in [1.807, 2.05) is 12.1 Å². The van der Waals surface area contributed by atoms with E-state index < -0.39 is 5.97 Å². The minimum absolute atomic E-state index is 0.133. The number of carbonyl (C=O) groups is 1. The number of carbonyl (C=O) groups excluding carboxylic acids is 1. The number of hydrogen-bond donors (Lipinski definition) is 0.